The molecule has 0 amide bonds. The van der Waals surface area contributed by atoms with Gasteiger partial charge in [-0.25, -0.2) is 19.9 Å². The van der Waals surface area contributed by atoms with Crippen molar-refractivity contribution in [3.8, 4) is 34.5 Å². The molecule has 0 fully saturated rings. The van der Waals surface area contributed by atoms with Crippen LogP contribution < -0.4 is 28.4 Å². The van der Waals surface area contributed by atoms with Gasteiger partial charge in [0.1, 0.15) is 44.1 Å². The Morgan fingerprint density at radius 1 is 0.451 bits per heavy atom. The standard InChI is InChI=1S/C11H8ClNO2.C11H8FNO2.C10H8ClNO.C10H9NO2.C10H9NO.C9H6BrN.C9H6ClNO/c2*12-11-8-4-2-1-3-7(8)10-9(13-11)5-14-6-15-10;1-13-9-6-12-10(11)8-5-3-2-4-7(8)9;1-13-10-7-11(12)6-8-4-2-3-5-9(8)10;1-12-10-7-11-6-8-4-2-3-5-9(8)10;10-9-6-11-5-7-3-1-2-4-8(7)9;10-9-7-4-2-1-3-6(7)8(12)5-11-9/h2*1-4H,5-6H2;2-6H,1H3;2-7H,1H3;2-7H,1H3;1-6H;1-5,12H. The summed E-state index contributed by atoms with van der Waals surface area (Å²) in [6.45, 7) is 1.24. The molecule has 0 unspecified atom stereocenters. The zero-order valence-electron chi connectivity index (χ0n) is 48.8. The highest BCUT2D eigenvalue weighted by Gasteiger charge is 2.19. The van der Waals surface area contributed by atoms with Crippen LogP contribution in [0.2, 0.25) is 15.5 Å². The first-order chi connectivity index (χ1) is 44.4. The molecule has 7 aromatic carbocycles. The van der Waals surface area contributed by atoms with Crippen LogP contribution in [0.1, 0.15) is 11.4 Å². The van der Waals surface area contributed by atoms with Crippen molar-refractivity contribution in [2.45, 2.75) is 13.2 Å². The number of methoxy groups -OCH3 is 3. The molecular formula is C70H54BrCl3FN7O9. The minimum atomic E-state index is -0.474. The first-order valence-corrected chi connectivity index (χ1v) is 29.7. The van der Waals surface area contributed by atoms with E-state index < -0.39 is 5.95 Å². The molecule has 16 rings (SSSR count). The molecule has 458 valence electrons. The van der Waals surface area contributed by atoms with Crippen LogP contribution in [0, 0.1) is 11.2 Å². The lowest BCUT2D eigenvalue weighted by atomic mass is 10.1. The first kappa shape index (κ1) is 64.2. The van der Waals surface area contributed by atoms with Gasteiger partial charge < -0.3 is 43.5 Å². The summed E-state index contributed by atoms with van der Waals surface area (Å²) in [5.74, 6) is 3.30. The van der Waals surface area contributed by atoms with Crippen LogP contribution in [0.25, 0.3) is 75.4 Å². The van der Waals surface area contributed by atoms with E-state index in [0.29, 0.717) is 51.3 Å². The SMILES string of the molecule is Brc1cncc2ccccc12.COc1c[n+]([O-])cc2ccccc12.COc1cnc(Cl)c2ccccc12.COc1cncc2ccccc12.Clc1nc2c(c3ccccc13)OCOC2.Fc1nc2c(c3ccccc13)OCOC2.Oc1cnc(Cl)c2ccccc12. The molecule has 0 saturated heterocycles. The first-order valence-electron chi connectivity index (χ1n) is 27.8. The summed E-state index contributed by atoms with van der Waals surface area (Å²) >= 11 is 21.2. The van der Waals surface area contributed by atoms with E-state index in [1.165, 1.54) is 29.4 Å². The van der Waals surface area contributed by atoms with Gasteiger partial charge in [0.05, 0.1) is 58.5 Å². The van der Waals surface area contributed by atoms with Crippen molar-refractivity contribution in [1.82, 2.24) is 29.9 Å². The fourth-order valence-corrected chi connectivity index (χ4v) is 10.8. The molecule has 7 aromatic heterocycles. The van der Waals surface area contributed by atoms with Gasteiger partial charge >= 0.3 is 0 Å². The lowest BCUT2D eigenvalue weighted by Gasteiger charge is -2.18. The summed E-state index contributed by atoms with van der Waals surface area (Å²) in [4.78, 5) is 24.0. The smallest absolute Gasteiger partial charge is 0.223 e. The number of pyridine rings is 7. The van der Waals surface area contributed by atoms with Gasteiger partial charge in [-0.1, -0.05) is 193 Å². The second kappa shape index (κ2) is 31.1. The number of fused-ring (bicyclic) bond motifs is 11. The van der Waals surface area contributed by atoms with Gasteiger partial charge in [-0.05, 0) is 33.4 Å². The Morgan fingerprint density at radius 3 is 1.44 bits per heavy atom. The maximum atomic E-state index is 13.6. The number of benzene rings is 7. The van der Waals surface area contributed by atoms with E-state index in [0.717, 1.165) is 91.4 Å². The van der Waals surface area contributed by atoms with Crippen molar-refractivity contribution in [2.75, 3.05) is 34.9 Å². The van der Waals surface area contributed by atoms with Crippen molar-refractivity contribution >= 4 is 126 Å². The van der Waals surface area contributed by atoms with Gasteiger partial charge in [-0.3, -0.25) is 9.97 Å². The summed E-state index contributed by atoms with van der Waals surface area (Å²) in [5.41, 5.74) is 1.29. The zero-order valence-corrected chi connectivity index (χ0v) is 52.7. The number of rotatable bonds is 3. The van der Waals surface area contributed by atoms with E-state index in [2.05, 4.69) is 51.9 Å². The number of aromatic hydroxyl groups is 1. The van der Waals surface area contributed by atoms with Gasteiger partial charge in [0.15, 0.2) is 37.0 Å². The van der Waals surface area contributed by atoms with Crippen molar-refractivity contribution < 1.29 is 47.4 Å². The fourth-order valence-electron chi connectivity index (χ4n) is 9.61. The molecule has 0 saturated carbocycles. The number of aromatic nitrogens is 7. The van der Waals surface area contributed by atoms with E-state index in [9.17, 15) is 14.7 Å². The molecule has 0 radical (unpaired) electrons. The summed E-state index contributed by atoms with van der Waals surface area (Å²) in [7, 11) is 4.84. The zero-order chi connectivity index (χ0) is 63.6. The van der Waals surface area contributed by atoms with Gasteiger partial charge in [0.25, 0.3) is 0 Å². The molecule has 0 aliphatic carbocycles. The Balaban J connectivity index is 0.000000117. The van der Waals surface area contributed by atoms with Crippen LogP contribution in [-0.2, 0) is 22.7 Å². The van der Waals surface area contributed by atoms with Crippen LogP contribution in [0.15, 0.2) is 224 Å². The molecule has 91 heavy (non-hydrogen) atoms. The van der Waals surface area contributed by atoms with Crippen LogP contribution in [0.3, 0.4) is 0 Å². The maximum Gasteiger partial charge on any atom is 0.223 e. The quantitative estimate of drug-likeness (QED) is 0.0998. The van der Waals surface area contributed by atoms with Crippen molar-refractivity contribution in [1.29, 1.82) is 0 Å². The third-order valence-corrected chi connectivity index (χ3v) is 15.4. The second-order valence-corrected chi connectivity index (χ2v) is 21.4. The topological polar surface area (TPSA) is 189 Å². The lowest BCUT2D eigenvalue weighted by molar-refractivity contribution is -0.604. The van der Waals surface area contributed by atoms with Gasteiger partial charge in [0.2, 0.25) is 12.1 Å². The number of nitrogens with zero attached hydrogens (tertiary/aromatic N) is 7. The fraction of sp³-hybridized carbons (Fsp3) is 0.100. The van der Waals surface area contributed by atoms with Crippen molar-refractivity contribution in [3.05, 3.63) is 262 Å². The highest BCUT2D eigenvalue weighted by Crippen LogP contribution is 2.36. The third-order valence-electron chi connectivity index (χ3n) is 13.9. The van der Waals surface area contributed by atoms with Crippen molar-refractivity contribution in [3.63, 3.8) is 0 Å². The van der Waals surface area contributed by atoms with E-state index >= 15 is 0 Å². The van der Waals surface area contributed by atoms with E-state index in [1.807, 2.05) is 164 Å². The predicted molar refractivity (Wildman–Crippen MR) is 358 cm³/mol. The molecule has 9 heterocycles. The number of hydrogen-bond acceptors (Lipinski definition) is 15. The van der Waals surface area contributed by atoms with E-state index in [1.54, 1.807) is 51.9 Å². The average molecular weight is 1340 g/mol. The Bertz CT molecular complexity index is 4700. The molecule has 0 spiro atoms. The van der Waals surface area contributed by atoms with E-state index in [4.69, 9.17) is 68.0 Å². The predicted octanol–water partition coefficient (Wildman–Crippen LogP) is 17.2. The van der Waals surface area contributed by atoms with Crippen LogP contribution in [0.5, 0.6) is 34.5 Å². The molecule has 0 atom stereocenters. The maximum absolute atomic E-state index is 13.6. The van der Waals surface area contributed by atoms with Crippen LogP contribution in [-0.4, -0.2) is 69.9 Å². The second-order valence-electron chi connectivity index (χ2n) is 19.5. The summed E-state index contributed by atoms with van der Waals surface area (Å²) in [5, 5.41) is 34.9. The average Bonchev–Trinajstić information content (AvgIpc) is 2.11. The monoisotopic (exact) mass is 1340 g/mol. The number of ether oxygens (including phenoxy) is 7. The van der Waals surface area contributed by atoms with E-state index in [-0.39, 0.29) is 19.3 Å². The molecule has 16 nitrogen and oxygen atoms in total. The Morgan fingerprint density at radius 2 is 0.868 bits per heavy atom. The molecule has 14 aromatic rings. The third kappa shape index (κ3) is 15.6. The van der Waals surface area contributed by atoms with Crippen molar-refractivity contribution in [2.24, 2.45) is 0 Å². The molecule has 0 bridgehead atoms. The van der Waals surface area contributed by atoms with Crippen LogP contribution in [0.4, 0.5) is 4.39 Å². The van der Waals surface area contributed by atoms with Crippen LogP contribution >= 0.6 is 50.7 Å². The van der Waals surface area contributed by atoms with Gasteiger partial charge in [0, 0.05) is 87.7 Å². The summed E-state index contributed by atoms with van der Waals surface area (Å²) in [6.07, 6.45) is 13.2. The molecular weight excluding hydrogens is 1290 g/mol. The summed E-state index contributed by atoms with van der Waals surface area (Å²) in [6, 6.07) is 53.8. The Labute approximate surface area is 544 Å². The van der Waals surface area contributed by atoms with Gasteiger partial charge in [-0.15, -0.1) is 0 Å². The highest BCUT2D eigenvalue weighted by molar-refractivity contribution is 9.10. The molecule has 2 aliphatic rings. The number of halogens is 5. The minimum Gasteiger partial charge on any atom is -0.619 e. The normalized spacial score (nSPS) is 11.7. The minimum absolute atomic E-state index is 0.162. The summed E-state index contributed by atoms with van der Waals surface area (Å²) < 4.78 is 51.8. The Kier molecular flexibility index (Phi) is 21.9. The lowest BCUT2D eigenvalue weighted by Crippen LogP contribution is -2.24. The molecule has 2 aliphatic heterocycles. The molecule has 1 N–H and O–H groups in total. The van der Waals surface area contributed by atoms with Gasteiger partial charge in [-0.2, -0.15) is 9.12 Å². The largest absolute Gasteiger partial charge is 0.619 e. The highest BCUT2D eigenvalue weighted by atomic mass is 79.9. The Hall–Kier alpha value is -9.79. The number of hydrogen-bond donors (Lipinski definition) is 1. The molecule has 21 heteroatoms.